The van der Waals surface area contributed by atoms with Crippen LogP contribution in [0.2, 0.25) is 0 Å². The predicted octanol–water partition coefficient (Wildman–Crippen LogP) is 5.81. The summed E-state index contributed by atoms with van der Waals surface area (Å²) in [4.78, 5) is 0. The minimum Gasteiger partial charge on any atom is -0.0625 e. The van der Waals surface area contributed by atoms with Crippen molar-refractivity contribution in [1.29, 1.82) is 0 Å². The van der Waals surface area contributed by atoms with Gasteiger partial charge < -0.3 is 0 Å². The largest absolute Gasteiger partial charge is 0.0625 e. The third-order valence-corrected chi connectivity index (χ3v) is 5.31. The van der Waals surface area contributed by atoms with Gasteiger partial charge in [0.1, 0.15) is 0 Å². The van der Waals surface area contributed by atoms with E-state index in [1.54, 1.807) is 0 Å². The van der Waals surface area contributed by atoms with E-state index in [9.17, 15) is 0 Å². The minimum atomic E-state index is 1.02. The standard InChI is InChI=1S/C17H32/c1-14-6-3-8-16(12-14)10-5-11-17-9-4-7-15(2)13-17/h14-17H,3-13H2,1-2H3. The summed E-state index contributed by atoms with van der Waals surface area (Å²) in [6, 6.07) is 0. The fraction of sp³-hybridized carbons (Fsp3) is 1.00. The SMILES string of the molecule is CC1CCCC(CCCC2CCCC(C)C2)C1. The number of hydrogen-bond acceptors (Lipinski definition) is 0. The lowest BCUT2D eigenvalue weighted by molar-refractivity contribution is 0.235. The molecule has 2 rings (SSSR count). The molecule has 2 fully saturated rings. The molecule has 0 nitrogen and oxygen atoms in total. The van der Waals surface area contributed by atoms with Crippen molar-refractivity contribution in [2.45, 2.75) is 84.5 Å². The normalized spacial score (nSPS) is 39.2. The van der Waals surface area contributed by atoms with Gasteiger partial charge in [0, 0.05) is 0 Å². The molecular weight excluding hydrogens is 204 g/mol. The molecule has 0 aliphatic heterocycles. The molecule has 100 valence electrons. The molecule has 0 N–H and O–H groups in total. The van der Waals surface area contributed by atoms with Crippen LogP contribution in [0.3, 0.4) is 0 Å². The second-order valence-electron chi connectivity index (χ2n) is 7.21. The van der Waals surface area contributed by atoms with E-state index in [0.717, 1.165) is 23.7 Å². The summed E-state index contributed by atoms with van der Waals surface area (Å²) in [7, 11) is 0. The van der Waals surface area contributed by atoms with Crippen LogP contribution >= 0.6 is 0 Å². The lowest BCUT2D eigenvalue weighted by atomic mass is 9.77. The fourth-order valence-corrected chi connectivity index (χ4v) is 4.34. The molecule has 0 amide bonds. The number of hydrogen-bond donors (Lipinski definition) is 0. The molecule has 2 saturated carbocycles. The maximum absolute atomic E-state index is 2.45. The van der Waals surface area contributed by atoms with Gasteiger partial charge in [-0.1, -0.05) is 71.6 Å². The van der Waals surface area contributed by atoms with Gasteiger partial charge in [-0.05, 0) is 36.5 Å². The molecule has 2 aliphatic carbocycles. The lowest BCUT2D eigenvalue weighted by Crippen LogP contribution is -2.15. The van der Waals surface area contributed by atoms with Gasteiger partial charge >= 0.3 is 0 Å². The van der Waals surface area contributed by atoms with E-state index in [2.05, 4.69) is 13.8 Å². The van der Waals surface area contributed by atoms with Gasteiger partial charge in [0.05, 0.1) is 0 Å². The summed E-state index contributed by atoms with van der Waals surface area (Å²) in [6.45, 7) is 4.91. The topological polar surface area (TPSA) is 0 Å². The van der Waals surface area contributed by atoms with Crippen LogP contribution in [0, 0.1) is 23.7 Å². The van der Waals surface area contributed by atoms with Crippen LogP contribution in [-0.2, 0) is 0 Å². The lowest BCUT2D eigenvalue weighted by Gasteiger charge is -2.29. The summed E-state index contributed by atoms with van der Waals surface area (Å²) in [5, 5.41) is 0. The first-order valence-electron chi connectivity index (χ1n) is 8.24. The molecule has 4 atom stereocenters. The molecule has 0 heteroatoms. The molecule has 0 radical (unpaired) electrons. The van der Waals surface area contributed by atoms with E-state index in [-0.39, 0.29) is 0 Å². The van der Waals surface area contributed by atoms with Crippen molar-refractivity contribution in [2.24, 2.45) is 23.7 Å². The maximum Gasteiger partial charge on any atom is -0.0412 e. The molecule has 17 heavy (non-hydrogen) atoms. The highest BCUT2D eigenvalue weighted by molar-refractivity contribution is 4.73. The average molecular weight is 236 g/mol. The first kappa shape index (κ1) is 13.4. The molecule has 4 unspecified atom stereocenters. The monoisotopic (exact) mass is 236 g/mol. The summed E-state index contributed by atoms with van der Waals surface area (Å²) < 4.78 is 0. The minimum absolute atomic E-state index is 1.02. The van der Waals surface area contributed by atoms with E-state index in [4.69, 9.17) is 0 Å². The van der Waals surface area contributed by atoms with Crippen molar-refractivity contribution in [3.8, 4) is 0 Å². The Hall–Kier alpha value is 0. The third kappa shape index (κ3) is 4.64. The average Bonchev–Trinajstić information content (AvgIpc) is 2.29. The van der Waals surface area contributed by atoms with Crippen LogP contribution in [0.4, 0.5) is 0 Å². The third-order valence-electron chi connectivity index (χ3n) is 5.31. The molecule has 0 heterocycles. The van der Waals surface area contributed by atoms with Crippen molar-refractivity contribution in [1.82, 2.24) is 0 Å². The molecule has 0 saturated heterocycles. The Morgan fingerprint density at radius 1 is 0.706 bits per heavy atom. The van der Waals surface area contributed by atoms with Crippen molar-refractivity contribution in [3.05, 3.63) is 0 Å². The van der Waals surface area contributed by atoms with Crippen LogP contribution in [-0.4, -0.2) is 0 Å². The Morgan fingerprint density at radius 2 is 1.18 bits per heavy atom. The first-order valence-corrected chi connectivity index (χ1v) is 8.24. The highest BCUT2D eigenvalue weighted by Crippen LogP contribution is 2.35. The van der Waals surface area contributed by atoms with Crippen molar-refractivity contribution in [2.75, 3.05) is 0 Å². The Bertz CT molecular complexity index is 186. The van der Waals surface area contributed by atoms with Gasteiger partial charge in [-0.15, -0.1) is 0 Å². The zero-order chi connectivity index (χ0) is 12.1. The smallest absolute Gasteiger partial charge is 0.0412 e. The van der Waals surface area contributed by atoms with Crippen LogP contribution in [0.15, 0.2) is 0 Å². The van der Waals surface area contributed by atoms with Gasteiger partial charge in [-0.25, -0.2) is 0 Å². The van der Waals surface area contributed by atoms with E-state index in [1.165, 1.54) is 70.6 Å². The van der Waals surface area contributed by atoms with Crippen LogP contribution in [0.1, 0.15) is 84.5 Å². The molecule has 0 aromatic rings. The zero-order valence-corrected chi connectivity index (χ0v) is 12.1. The quantitative estimate of drug-likeness (QED) is 0.578. The summed E-state index contributed by atoms with van der Waals surface area (Å²) >= 11 is 0. The summed E-state index contributed by atoms with van der Waals surface area (Å²) in [5.74, 6) is 4.20. The van der Waals surface area contributed by atoms with Gasteiger partial charge in [0.2, 0.25) is 0 Å². The second-order valence-corrected chi connectivity index (χ2v) is 7.21. The highest BCUT2D eigenvalue weighted by atomic mass is 14.3. The van der Waals surface area contributed by atoms with Gasteiger partial charge in [0.25, 0.3) is 0 Å². The van der Waals surface area contributed by atoms with Crippen LogP contribution in [0.25, 0.3) is 0 Å². The van der Waals surface area contributed by atoms with Gasteiger partial charge in [0.15, 0.2) is 0 Å². The predicted molar refractivity (Wildman–Crippen MR) is 76.1 cm³/mol. The Morgan fingerprint density at radius 3 is 1.59 bits per heavy atom. The highest BCUT2D eigenvalue weighted by Gasteiger charge is 2.21. The van der Waals surface area contributed by atoms with Crippen molar-refractivity contribution >= 4 is 0 Å². The van der Waals surface area contributed by atoms with Crippen LogP contribution < -0.4 is 0 Å². The first-order chi connectivity index (χ1) is 8.24. The van der Waals surface area contributed by atoms with E-state index < -0.39 is 0 Å². The van der Waals surface area contributed by atoms with Gasteiger partial charge in [-0.3, -0.25) is 0 Å². The van der Waals surface area contributed by atoms with E-state index >= 15 is 0 Å². The van der Waals surface area contributed by atoms with E-state index in [1.807, 2.05) is 0 Å². The molecular formula is C17H32. The molecule has 0 aromatic carbocycles. The Labute approximate surface area is 109 Å². The van der Waals surface area contributed by atoms with Crippen LogP contribution in [0.5, 0.6) is 0 Å². The molecule has 0 bridgehead atoms. The zero-order valence-electron chi connectivity index (χ0n) is 12.1. The second kappa shape index (κ2) is 6.81. The van der Waals surface area contributed by atoms with Gasteiger partial charge in [-0.2, -0.15) is 0 Å². The van der Waals surface area contributed by atoms with Crippen molar-refractivity contribution in [3.63, 3.8) is 0 Å². The summed E-state index contributed by atoms with van der Waals surface area (Å²) in [6.07, 6.45) is 16.7. The summed E-state index contributed by atoms with van der Waals surface area (Å²) in [5.41, 5.74) is 0. The Balaban J connectivity index is 1.58. The fourth-order valence-electron chi connectivity index (χ4n) is 4.34. The number of rotatable bonds is 4. The maximum atomic E-state index is 2.45. The van der Waals surface area contributed by atoms with Crippen molar-refractivity contribution < 1.29 is 0 Å². The Kier molecular flexibility index (Phi) is 5.38. The van der Waals surface area contributed by atoms with E-state index in [0.29, 0.717) is 0 Å². The molecule has 0 aromatic heterocycles. The molecule has 2 aliphatic rings. The molecule has 0 spiro atoms.